The average molecular weight is 400 g/mol. The van der Waals surface area contributed by atoms with Gasteiger partial charge in [-0.05, 0) is 52.9 Å². The second kappa shape index (κ2) is 9.37. The first-order chi connectivity index (χ1) is 14.7. The number of rotatable bonds is 7. The van der Waals surface area contributed by atoms with Gasteiger partial charge in [-0.2, -0.15) is 0 Å². The van der Waals surface area contributed by atoms with Crippen LogP contribution in [0.1, 0.15) is 17.5 Å². The summed E-state index contributed by atoms with van der Waals surface area (Å²) in [6.07, 6.45) is 8.17. The summed E-state index contributed by atoms with van der Waals surface area (Å²) in [5.41, 5.74) is 4.02. The SMILES string of the molecule is O=C(C=Cc1ccc(N2CCOCC2)cc1)CC(=O)C=Cc1ccc2cc[nH]c2c1. The van der Waals surface area contributed by atoms with Crippen LogP contribution < -0.4 is 4.90 Å². The van der Waals surface area contributed by atoms with Crippen LogP contribution in [0.2, 0.25) is 0 Å². The number of benzene rings is 2. The highest BCUT2D eigenvalue weighted by atomic mass is 16.5. The van der Waals surface area contributed by atoms with Crippen molar-refractivity contribution in [1.82, 2.24) is 4.98 Å². The number of ether oxygens (including phenoxy) is 1. The second-order valence-corrected chi connectivity index (χ2v) is 7.29. The smallest absolute Gasteiger partial charge is 0.163 e. The number of aromatic nitrogens is 1. The van der Waals surface area contributed by atoms with Crippen LogP contribution in [0.3, 0.4) is 0 Å². The molecule has 0 radical (unpaired) electrons. The van der Waals surface area contributed by atoms with Crippen LogP contribution in [-0.2, 0) is 14.3 Å². The van der Waals surface area contributed by atoms with Gasteiger partial charge >= 0.3 is 0 Å². The van der Waals surface area contributed by atoms with E-state index < -0.39 is 0 Å². The maximum absolute atomic E-state index is 12.1. The molecular formula is C25H24N2O3. The van der Waals surface area contributed by atoms with Crippen molar-refractivity contribution in [2.24, 2.45) is 0 Å². The summed E-state index contributed by atoms with van der Waals surface area (Å²) in [5.74, 6) is -0.416. The molecule has 1 aliphatic heterocycles. The average Bonchev–Trinajstić information content (AvgIpc) is 3.25. The lowest BCUT2D eigenvalue weighted by Gasteiger charge is -2.28. The third kappa shape index (κ3) is 5.13. The topological polar surface area (TPSA) is 62.4 Å². The maximum Gasteiger partial charge on any atom is 0.163 e. The van der Waals surface area contributed by atoms with Crippen LogP contribution in [0.25, 0.3) is 23.1 Å². The van der Waals surface area contributed by atoms with Gasteiger partial charge in [-0.15, -0.1) is 0 Å². The summed E-state index contributed by atoms with van der Waals surface area (Å²) < 4.78 is 5.37. The van der Waals surface area contributed by atoms with Crippen LogP contribution in [0.4, 0.5) is 5.69 Å². The van der Waals surface area contributed by atoms with Gasteiger partial charge in [0.2, 0.25) is 0 Å². The Morgan fingerprint density at radius 2 is 1.57 bits per heavy atom. The van der Waals surface area contributed by atoms with Crippen molar-refractivity contribution in [2.75, 3.05) is 31.2 Å². The number of anilines is 1. The van der Waals surface area contributed by atoms with E-state index in [0.717, 1.165) is 54.0 Å². The molecule has 152 valence electrons. The molecule has 0 amide bonds. The van der Waals surface area contributed by atoms with Crippen molar-refractivity contribution in [3.8, 4) is 0 Å². The number of aromatic amines is 1. The molecule has 1 saturated heterocycles. The minimum absolute atomic E-state index is 0.135. The summed E-state index contributed by atoms with van der Waals surface area (Å²) in [6, 6.07) is 16.0. The molecule has 2 heterocycles. The first kappa shape index (κ1) is 19.9. The zero-order valence-electron chi connectivity index (χ0n) is 16.7. The van der Waals surface area contributed by atoms with E-state index in [0.29, 0.717) is 0 Å². The second-order valence-electron chi connectivity index (χ2n) is 7.29. The highest BCUT2D eigenvalue weighted by Crippen LogP contribution is 2.18. The van der Waals surface area contributed by atoms with Crippen LogP contribution >= 0.6 is 0 Å². The number of fused-ring (bicyclic) bond motifs is 1. The molecule has 1 N–H and O–H groups in total. The van der Waals surface area contributed by atoms with Gasteiger partial charge in [-0.25, -0.2) is 0 Å². The number of hydrogen-bond donors (Lipinski definition) is 1. The van der Waals surface area contributed by atoms with Crippen molar-refractivity contribution in [3.63, 3.8) is 0 Å². The quantitative estimate of drug-likeness (QED) is 0.476. The van der Waals surface area contributed by atoms with Crippen molar-refractivity contribution in [2.45, 2.75) is 6.42 Å². The van der Waals surface area contributed by atoms with Crippen molar-refractivity contribution in [1.29, 1.82) is 0 Å². The standard InChI is InChI=1S/C25H24N2O3/c28-23(9-4-19-2-7-22(8-3-19)27-13-15-30-16-14-27)18-24(29)10-5-20-1-6-21-11-12-26-25(21)17-20/h1-12,17,26H,13-16,18H2. The summed E-state index contributed by atoms with van der Waals surface area (Å²) in [5, 5.41) is 1.12. The molecule has 0 unspecified atom stereocenters. The number of H-pyrrole nitrogens is 1. The lowest BCUT2D eigenvalue weighted by atomic mass is 10.1. The molecule has 0 aliphatic carbocycles. The number of nitrogens with zero attached hydrogens (tertiary/aromatic N) is 1. The number of hydrogen-bond acceptors (Lipinski definition) is 4. The zero-order valence-corrected chi connectivity index (χ0v) is 16.7. The number of nitrogens with one attached hydrogen (secondary N) is 1. The summed E-state index contributed by atoms with van der Waals surface area (Å²) in [6.45, 7) is 3.28. The van der Waals surface area contributed by atoms with Gasteiger partial charge in [0, 0.05) is 30.5 Å². The highest BCUT2D eigenvalue weighted by Gasteiger charge is 2.10. The van der Waals surface area contributed by atoms with E-state index >= 15 is 0 Å². The molecule has 0 spiro atoms. The predicted molar refractivity (Wildman–Crippen MR) is 120 cm³/mol. The predicted octanol–water partition coefficient (Wildman–Crippen LogP) is 4.26. The van der Waals surface area contributed by atoms with Crippen LogP contribution in [-0.4, -0.2) is 42.9 Å². The Bertz CT molecular complexity index is 1090. The number of ketones is 2. The van der Waals surface area contributed by atoms with Crippen molar-refractivity contribution in [3.05, 3.63) is 78.0 Å². The molecule has 0 bridgehead atoms. The van der Waals surface area contributed by atoms with Gasteiger partial charge in [0.05, 0.1) is 19.6 Å². The van der Waals surface area contributed by atoms with Crippen LogP contribution in [0, 0.1) is 0 Å². The molecule has 3 aromatic rings. The summed E-state index contributed by atoms with van der Waals surface area (Å²) in [4.78, 5) is 29.7. The van der Waals surface area contributed by atoms with Gasteiger partial charge in [0.1, 0.15) is 0 Å². The fourth-order valence-corrected chi connectivity index (χ4v) is 3.45. The Labute approximate surface area is 175 Å². The Morgan fingerprint density at radius 1 is 0.900 bits per heavy atom. The van der Waals surface area contributed by atoms with E-state index in [1.165, 1.54) is 12.2 Å². The lowest BCUT2D eigenvalue weighted by molar-refractivity contribution is -0.121. The third-order valence-corrected chi connectivity index (χ3v) is 5.12. The Balaban J connectivity index is 1.29. The zero-order chi connectivity index (χ0) is 20.8. The Morgan fingerprint density at radius 3 is 2.30 bits per heavy atom. The van der Waals surface area contributed by atoms with E-state index in [2.05, 4.69) is 9.88 Å². The maximum atomic E-state index is 12.1. The molecule has 4 rings (SSSR count). The third-order valence-electron chi connectivity index (χ3n) is 5.12. The Hall–Kier alpha value is -3.44. The van der Waals surface area contributed by atoms with Gasteiger partial charge in [0.25, 0.3) is 0 Å². The van der Waals surface area contributed by atoms with E-state index in [1.807, 2.05) is 54.7 Å². The van der Waals surface area contributed by atoms with E-state index in [4.69, 9.17) is 4.74 Å². The van der Waals surface area contributed by atoms with E-state index in [-0.39, 0.29) is 18.0 Å². The van der Waals surface area contributed by atoms with Gasteiger partial charge in [-0.1, -0.05) is 36.4 Å². The van der Waals surface area contributed by atoms with Crippen molar-refractivity contribution < 1.29 is 14.3 Å². The highest BCUT2D eigenvalue weighted by molar-refractivity contribution is 6.11. The van der Waals surface area contributed by atoms with Crippen LogP contribution in [0.15, 0.2) is 66.9 Å². The Kier molecular flexibility index (Phi) is 6.20. The molecule has 1 aromatic heterocycles. The monoisotopic (exact) mass is 400 g/mol. The fourth-order valence-electron chi connectivity index (χ4n) is 3.45. The number of carbonyl (C=O) groups excluding carboxylic acids is 2. The summed E-state index contributed by atoms with van der Waals surface area (Å²) in [7, 11) is 0. The molecule has 0 saturated carbocycles. The molecule has 1 fully saturated rings. The molecule has 5 heteroatoms. The molecular weight excluding hydrogens is 376 g/mol. The minimum atomic E-state index is -0.209. The molecule has 30 heavy (non-hydrogen) atoms. The minimum Gasteiger partial charge on any atom is -0.378 e. The largest absolute Gasteiger partial charge is 0.378 e. The normalized spacial score (nSPS) is 14.7. The van der Waals surface area contributed by atoms with Crippen LogP contribution in [0.5, 0.6) is 0 Å². The first-order valence-corrected chi connectivity index (χ1v) is 10.1. The summed E-state index contributed by atoms with van der Waals surface area (Å²) >= 11 is 0. The van der Waals surface area contributed by atoms with Gasteiger partial charge in [0.15, 0.2) is 11.6 Å². The van der Waals surface area contributed by atoms with Gasteiger partial charge < -0.3 is 14.6 Å². The molecule has 0 atom stereocenters. The number of carbonyl (C=O) groups is 2. The first-order valence-electron chi connectivity index (χ1n) is 10.1. The lowest BCUT2D eigenvalue weighted by Crippen LogP contribution is -2.36. The molecule has 1 aliphatic rings. The molecule has 2 aromatic carbocycles. The van der Waals surface area contributed by atoms with E-state index in [1.54, 1.807) is 12.2 Å². The number of morpholine rings is 1. The van der Waals surface area contributed by atoms with Crippen molar-refractivity contribution >= 4 is 40.3 Å². The fraction of sp³-hybridized carbons (Fsp3) is 0.200. The molecule has 5 nitrogen and oxygen atoms in total. The number of allylic oxidation sites excluding steroid dienone is 2. The van der Waals surface area contributed by atoms with E-state index in [9.17, 15) is 9.59 Å². The van der Waals surface area contributed by atoms with Gasteiger partial charge in [-0.3, -0.25) is 9.59 Å².